The van der Waals surface area contributed by atoms with E-state index in [0.29, 0.717) is 0 Å². The Kier molecular flexibility index (Phi) is 2.33. The first-order valence-corrected chi connectivity index (χ1v) is 5.79. The Hall–Kier alpha value is -1.48. The summed E-state index contributed by atoms with van der Waals surface area (Å²) in [6, 6.07) is 7.85. The number of nitrogens with one attached hydrogen (secondary N) is 2. The van der Waals surface area contributed by atoms with Crippen LogP contribution in [0.4, 0.5) is 5.82 Å². The van der Waals surface area contributed by atoms with Crippen LogP contribution in [0.5, 0.6) is 0 Å². The number of benzene rings is 1. The number of H-pyrrole nitrogens is 1. The van der Waals surface area contributed by atoms with E-state index in [1.807, 2.05) is 24.3 Å². The molecule has 4 heteroatoms. The maximum absolute atomic E-state index is 6.00. The molecule has 0 amide bonds. The molecule has 1 aromatic carbocycles. The SMILES string of the molecule is Clc1cccc(-c2[nH]nc3c2CCCN3)c1. The van der Waals surface area contributed by atoms with Crippen LogP contribution in [0.2, 0.25) is 5.02 Å². The van der Waals surface area contributed by atoms with Gasteiger partial charge in [-0.1, -0.05) is 23.7 Å². The fraction of sp³-hybridized carbons (Fsp3) is 0.250. The van der Waals surface area contributed by atoms with Crippen LogP contribution in [-0.2, 0) is 6.42 Å². The van der Waals surface area contributed by atoms with Gasteiger partial charge in [0.2, 0.25) is 0 Å². The van der Waals surface area contributed by atoms with Gasteiger partial charge in [-0.3, -0.25) is 5.10 Å². The molecule has 0 saturated carbocycles. The zero-order valence-corrected chi connectivity index (χ0v) is 9.51. The monoisotopic (exact) mass is 233 g/mol. The minimum Gasteiger partial charge on any atom is -0.368 e. The highest BCUT2D eigenvalue weighted by Crippen LogP contribution is 2.31. The molecule has 1 aliphatic heterocycles. The summed E-state index contributed by atoms with van der Waals surface area (Å²) in [5.74, 6) is 0.987. The molecular formula is C12H12ClN3. The van der Waals surface area contributed by atoms with Gasteiger partial charge in [-0.25, -0.2) is 0 Å². The topological polar surface area (TPSA) is 40.7 Å². The number of fused-ring (bicyclic) bond motifs is 1. The van der Waals surface area contributed by atoms with Gasteiger partial charge in [0.25, 0.3) is 0 Å². The first kappa shape index (κ1) is 9.73. The fourth-order valence-corrected chi connectivity index (χ4v) is 2.30. The third-order valence-electron chi connectivity index (χ3n) is 2.88. The van der Waals surface area contributed by atoms with Gasteiger partial charge in [-0.2, -0.15) is 5.10 Å². The molecule has 0 aliphatic carbocycles. The second kappa shape index (κ2) is 3.83. The van der Waals surface area contributed by atoms with Crippen molar-refractivity contribution >= 4 is 17.4 Å². The summed E-state index contributed by atoms with van der Waals surface area (Å²) in [4.78, 5) is 0. The molecule has 82 valence electrons. The number of anilines is 1. The average Bonchev–Trinajstić information content (AvgIpc) is 2.72. The summed E-state index contributed by atoms with van der Waals surface area (Å²) in [6.07, 6.45) is 2.22. The molecule has 2 N–H and O–H groups in total. The zero-order chi connectivity index (χ0) is 11.0. The molecule has 2 aromatic rings. The number of rotatable bonds is 1. The smallest absolute Gasteiger partial charge is 0.151 e. The van der Waals surface area contributed by atoms with Crippen molar-refractivity contribution < 1.29 is 0 Å². The molecule has 16 heavy (non-hydrogen) atoms. The highest BCUT2D eigenvalue weighted by atomic mass is 35.5. The minimum absolute atomic E-state index is 0.754. The van der Waals surface area contributed by atoms with E-state index in [2.05, 4.69) is 15.5 Å². The number of aromatic amines is 1. The molecule has 0 spiro atoms. The normalized spacial score (nSPS) is 14.3. The molecule has 0 atom stereocenters. The molecule has 3 rings (SSSR count). The summed E-state index contributed by atoms with van der Waals surface area (Å²) < 4.78 is 0. The Morgan fingerprint density at radius 3 is 3.12 bits per heavy atom. The molecule has 1 aromatic heterocycles. The maximum Gasteiger partial charge on any atom is 0.151 e. The standard InChI is InChI=1S/C12H12ClN3/c13-9-4-1-3-8(7-9)11-10-5-2-6-14-12(10)16-15-11/h1,3-4,7H,2,5-6H2,(H2,14,15,16). The number of hydrogen-bond donors (Lipinski definition) is 2. The van der Waals surface area contributed by atoms with Crippen LogP contribution in [0.25, 0.3) is 11.3 Å². The summed E-state index contributed by atoms with van der Waals surface area (Å²) in [7, 11) is 0. The molecule has 3 nitrogen and oxygen atoms in total. The van der Waals surface area contributed by atoms with E-state index in [1.165, 1.54) is 5.56 Å². The van der Waals surface area contributed by atoms with Crippen molar-refractivity contribution in [3.8, 4) is 11.3 Å². The minimum atomic E-state index is 0.754. The van der Waals surface area contributed by atoms with Gasteiger partial charge in [-0.05, 0) is 25.0 Å². The van der Waals surface area contributed by atoms with Crippen molar-refractivity contribution in [2.24, 2.45) is 0 Å². The molecule has 1 aliphatic rings. The van der Waals surface area contributed by atoms with Crippen LogP contribution in [0.1, 0.15) is 12.0 Å². The van der Waals surface area contributed by atoms with Crippen LogP contribution in [0.3, 0.4) is 0 Å². The van der Waals surface area contributed by atoms with Gasteiger partial charge in [0.15, 0.2) is 5.82 Å². The Balaban J connectivity index is 2.09. The van der Waals surface area contributed by atoms with E-state index < -0.39 is 0 Å². The molecule has 0 radical (unpaired) electrons. The van der Waals surface area contributed by atoms with Crippen LogP contribution in [0, 0.1) is 0 Å². The van der Waals surface area contributed by atoms with E-state index in [0.717, 1.165) is 41.5 Å². The van der Waals surface area contributed by atoms with E-state index in [4.69, 9.17) is 11.6 Å². The molecule has 0 unspecified atom stereocenters. The van der Waals surface area contributed by atoms with Gasteiger partial charge < -0.3 is 5.32 Å². The Morgan fingerprint density at radius 1 is 1.31 bits per heavy atom. The van der Waals surface area contributed by atoms with Gasteiger partial charge in [0.1, 0.15) is 0 Å². The van der Waals surface area contributed by atoms with Crippen LogP contribution < -0.4 is 5.32 Å². The maximum atomic E-state index is 6.00. The molecule has 2 heterocycles. The average molecular weight is 234 g/mol. The predicted molar refractivity (Wildman–Crippen MR) is 65.8 cm³/mol. The van der Waals surface area contributed by atoms with Crippen molar-refractivity contribution in [3.05, 3.63) is 34.9 Å². The van der Waals surface area contributed by atoms with Crippen LogP contribution >= 0.6 is 11.6 Å². The Labute approximate surface area is 98.8 Å². The summed E-state index contributed by atoms with van der Waals surface area (Å²) >= 11 is 6.00. The zero-order valence-electron chi connectivity index (χ0n) is 8.76. The lowest BCUT2D eigenvalue weighted by Crippen LogP contribution is -2.10. The van der Waals surface area contributed by atoms with Crippen molar-refractivity contribution in [3.63, 3.8) is 0 Å². The third kappa shape index (κ3) is 1.57. The van der Waals surface area contributed by atoms with Crippen molar-refractivity contribution in [1.82, 2.24) is 10.2 Å². The Bertz CT molecular complexity index is 519. The van der Waals surface area contributed by atoms with Gasteiger partial charge in [0, 0.05) is 22.7 Å². The highest BCUT2D eigenvalue weighted by molar-refractivity contribution is 6.30. The Morgan fingerprint density at radius 2 is 2.25 bits per heavy atom. The lowest BCUT2D eigenvalue weighted by atomic mass is 10.0. The summed E-state index contributed by atoms with van der Waals surface area (Å²) in [5.41, 5.74) is 3.46. The summed E-state index contributed by atoms with van der Waals surface area (Å²) in [6.45, 7) is 1.01. The van der Waals surface area contributed by atoms with E-state index in [-0.39, 0.29) is 0 Å². The predicted octanol–water partition coefficient (Wildman–Crippen LogP) is 3.09. The number of halogens is 1. The van der Waals surface area contributed by atoms with Crippen LogP contribution in [0.15, 0.2) is 24.3 Å². The largest absolute Gasteiger partial charge is 0.368 e. The molecule has 0 fully saturated rings. The van der Waals surface area contributed by atoms with E-state index in [9.17, 15) is 0 Å². The second-order valence-electron chi connectivity index (χ2n) is 3.97. The quantitative estimate of drug-likeness (QED) is 0.795. The first-order chi connectivity index (χ1) is 7.84. The number of hydrogen-bond acceptors (Lipinski definition) is 2. The fourth-order valence-electron chi connectivity index (χ4n) is 2.11. The lowest BCUT2D eigenvalue weighted by Gasteiger charge is -2.13. The van der Waals surface area contributed by atoms with Crippen molar-refractivity contribution in [2.75, 3.05) is 11.9 Å². The number of nitrogens with zero attached hydrogens (tertiary/aromatic N) is 1. The molecule has 0 saturated heterocycles. The van der Waals surface area contributed by atoms with Crippen molar-refractivity contribution in [1.29, 1.82) is 0 Å². The van der Waals surface area contributed by atoms with E-state index >= 15 is 0 Å². The molecule has 0 bridgehead atoms. The second-order valence-corrected chi connectivity index (χ2v) is 4.40. The van der Waals surface area contributed by atoms with Gasteiger partial charge in [0.05, 0.1) is 5.69 Å². The van der Waals surface area contributed by atoms with Crippen LogP contribution in [-0.4, -0.2) is 16.7 Å². The molecular weight excluding hydrogens is 222 g/mol. The summed E-state index contributed by atoms with van der Waals surface area (Å²) in [5, 5.41) is 11.4. The van der Waals surface area contributed by atoms with E-state index in [1.54, 1.807) is 0 Å². The third-order valence-corrected chi connectivity index (χ3v) is 3.11. The number of aromatic nitrogens is 2. The van der Waals surface area contributed by atoms with Gasteiger partial charge in [-0.15, -0.1) is 0 Å². The van der Waals surface area contributed by atoms with Gasteiger partial charge >= 0.3 is 0 Å². The highest BCUT2D eigenvalue weighted by Gasteiger charge is 2.17. The first-order valence-electron chi connectivity index (χ1n) is 5.41. The van der Waals surface area contributed by atoms with Crippen molar-refractivity contribution in [2.45, 2.75) is 12.8 Å². The lowest BCUT2D eigenvalue weighted by molar-refractivity contribution is 0.828.